The molecule has 1 aromatic heterocycles. The van der Waals surface area contributed by atoms with Crippen molar-refractivity contribution in [2.45, 2.75) is 12.5 Å². The highest BCUT2D eigenvalue weighted by Crippen LogP contribution is 2.30. The van der Waals surface area contributed by atoms with Crippen LogP contribution in [0.4, 0.5) is 0 Å². The van der Waals surface area contributed by atoms with Crippen LogP contribution in [0.3, 0.4) is 0 Å². The summed E-state index contributed by atoms with van der Waals surface area (Å²) in [5.41, 5.74) is 2.17. The smallest absolute Gasteiger partial charge is 0.312 e. The zero-order valence-electron chi connectivity index (χ0n) is 13.4. The van der Waals surface area contributed by atoms with E-state index in [0.29, 0.717) is 12.1 Å². The van der Waals surface area contributed by atoms with E-state index in [1.54, 1.807) is 17.3 Å². The molecular formula is C20H16N2O3. The summed E-state index contributed by atoms with van der Waals surface area (Å²) < 4.78 is 0. The lowest BCUT2D eigenvalue weighted by Crippen LogP contribution is -2.40. The molecule has 1 aliphatic heterocycles. The Labute approximate surface area is 144 Å². The summed E-state index contributed by atoms with van der Waals surface area (Å²) in [6.45, 7) is 0.566. The van der Waals surface area contributed by atoms with E-state index in [1.165, 1.54) is 0 Å². The average molecular weight is 332 g/mol. The summed E-state index contributed by atoms with van der Waals surface area (Å²) in [4.78, 5) is 30.5. The Kier molecular flexibility index (Phi) is 3.69. The Hall–Kier alpha value is -3.21. The molecule has 5 heteroatoms. The third-order valence-corrected chi connectivity index (χ3v) is 4.68. The minimum absolute atomic E-state index is 0.161. The number of hydrogen-bond donors (Lipinski definition) is 1. The normalized spacial score (nSPS) is 16.5. The van der Waals surface area contributed by atoms with Crippen molar-refractivity contribution in [2.24, 2.45) is 0 Å². The molecular weight excluding hydrogens is 316 g/mol. The highest BCUT2D eigenvalue weighted by atomic mass is 16.4. The van der Waals surface area contributed by atoms with Crippen LogP contribution in [0.5, 0.6) is 0 Å². The average Bonchev–Trinajstić information content (AvgIpc) is 2.66. The second-order valence-corrected chi connectivity index (χ2v) is 6.18. The van der Waals surface area contributed by atoms with Gasteiger partial charge in [0.25, 0.3) is 5.91 Å². The monoisotopic (exact) mass is 332 g/mol. The maximum atomic E-state index is 13.1. The summed E-state index contributed by atoms with van der Waals surface area (Å²) >= 11 is 0. The number of hydrogen-bond acceptors (Lipinski definition) is 3. The van der Waals surface area contributed by atoms with E-state index < -0.39 is 11.9 Å². The van der Waals surface area contributed by atoms with Gasteiger partial charge in [0.15, 0.2) is 0 Å². The summed E-state index contributed by atoms with van der Waals surface area (Å²) in [6, 6.07) is 15.0. The van der Waals surface area contributed by atoms with E-state index in [9.17, 15) is 14.7 Å². The number of rotatable bonds is 2. The predicted octanol–water partition coefficient (Wildman–Crippen LogP) is 3.06. The van der Waals surface area contributed by atoms with Crippen molar-refractivity contribution in [2.75, 3.05) is 6.54 Å². The summed E-state index contributed by atoms with van der Waals surface area (Å²) in [5, 5.41) is 11.3. The van der Waals surface area contributed by atoms with Crippen LogP contribution in [0.15, 0.2) is 60.9 Å². The molecule has 124 valence electrons. The van der Waals surface area contributed by atoms with Crippen molar-refractivity contribution < 1.29 is 14.7 Å². The number of pyridine rings is 1. The van der Waals surface area contributed by atoms with Gasteiger partial charge in [0.2, 0.25) is 0 Å². The van der Waals surface area contributed by atoms with Gasteiger partial charge >= 0.3 is 5.97 Å². The Morgan fingerprint density at radius 2 is 1.80 bits per heavy atom. The largest absolute Gasteiger partial charge is 0.481 e. The molecule has 1 N–H and O–H groups in total. The van der Waals surface area contributed by atoms with Crippen molar-refractivity contribution in [1.82, 2.24) is 9.88 Å². The van der Waals surface area contributed by atoms with Gasteiger partial charge in [-0.1, -0.05) is 48.5 Å². The SMILES string of the molecule is O=C(O)C1CN(C(=O)c2cncc3ccccc23)Cc2ccccc21. The van der Waals surface area contributed by atoms with Crippen molar-refractivity contribution >= 4 is 22.6 Å². The fraction of sp³-hybridized carbons (Fsp3) is 0.150. The van der Waals surface area contributed by atoms with Gasteiger partial charge in [0.1, 0.15) is 0 Å². The van der Waals surface area contributed by atoms with Crippen molar-refractivity contribution in [3.63, 3.8) is 0 Å². The number of carboxylic acids is 1. The second-order valence-electron chi connectivity index (χ2n) is 6.18. The summed E-state index contributed by atoms with van der Waals surface area (Å²) in [7, 11) is 0. The first kappa shape index (κ1) is 15.3. The molecule has 0 saturated heterocycles. The fourth-order valence-corrected chi connectivity index (χ4v) is 3.43. The van der Waals surface area contributed by atoms with E-state index in [4.69, 9.17) is 0 Å². The van der Waals surface area contributed by atoms with E-state index in [-0.39, 0.29) is 12.5 Å². The Balaban J connectivity index is 1.75. The van der Waals surface area contributed by atoms with Crippen LogP contribution in [0.25, 0.3) is 10.8 Å². The molecule has 5 nitrogen and oxygen atoms in total. The predicted molar refractivity (Wildman–Crippen MR) is 93.3 cm³/mol. The Bertz CT molecular complexity index is 978. The molecule has 0 saturated carbocycles. The number of fused-ring (bicyclic) bond motifs is 2. The van der Waals surface area contributed by atoms with Crippen molar-refractivity contribution in [1.29, 1.82) is 0 Å². The number of benzene rings is 2. The standard InChI is InChI=1S/C20H16N2O3/c23-19(17-10-21-9-13-5-1-3-7-15(13)17)22-11-14-6-2-4-8-16(14)18(12-22)20(24)25/h1-10,18H,11-12H2,(H,24,25). The number of aliphatic carboxylic acids is 1. The van der Waals surface area contributed by atoms with Crippen LogP contribution >= 0.6 is 0 Å². The van der Waals surface area contributed by atoms with Crippen molar-refractivity contribution in [3.8, 4) is 0 Å². The first-order valence-electron chi connectivity index (χ1n) is 8.08. The molecule has 2 heterocycles. The van der Waals surface area contributed by atoms with Crippen LogP contribution in [0, 0.1) is 0 Å². The number of amides is 1. The topological polar surface area (TPSA) is 70.5 Å². The van der Waals surface area contributed by atoms with Gasteiger partial charge in [-0.3, -0.25) is 14.6 Å². The lowest BCUT2D eigenvalue weighted by Gasteiger charge is -2.33. The summed E-state index contributed by atoms with van der Waals surface area (Å²) in [6.07, 6.45) is 3.28. The lowest BCUT2D eigenvalue weighted by molar-refractivity contribution is -0.139. The third kappa shape index (κ3) is 2.63. The number of carboxylic acid groups (broad SMARTS) is 1. The van der Waals surface area contributed by atoms with E-state index in [1.807, 2.05) is 48.5 Å². The Morgan fingerprint density at radius 3 is 2.64 bits per heavy atom. The molecule has 0 spiro atoms. The van der Waals surface area contributed by atoms with Gasteiger partial charge in [-0.15, -0.1) is 0 Å². The Morgan fingerprint density at radius 1 is 1.04 bits per heavy atom. The highest BCUT2D eigenvalue weighted by Gasteiger charge is 2.33. The molecule has 1 unspecified atom stereocenters. The minimum Gasteiger partial charge on any atom is -0.481 e. The zero-order valence-corrected chi connectivity index (χ0v) is 13.4. The first-order chi connectivity index (χ1) is 12.1. The molecule has 0 aliphatic carbocycles. The molecule has 25 heavy (non-hydrogen) atoms. The molecule has 1 aliphatic rings. The maximum absolute atomic E-state index is 13.1. The summed E-state index contributed by atoms with van der Waals surface area (Å²) in [5.74, 6) is -1.82. The molecule has 2 aromatic carbocycles. The second kappa shape index (κ2) is 6.02. The lowest BCUT2D eigenvalue weighted by atomic mass is 9.89. The molecule has 4 rings (SSSR count). The number of nitrogens with zero attached hydrogens (tertiary/aromatic N) is 2. The molecule has 3 aromatic rings. The molecule has 0 radical (unpaired) electrons. The van der Waals surface area contributed by atoms with Crippen LogP contribution in [-0.4, -0.2) is 33.4 Å². The van der Waals surface area contributed by atoms with E-state index >= 15 is 0 Å². The zero-order chi connectivity index (χ0) is 17.4. The van der Waals surface area contributed by atoms with Crippen LogP contribution in [-0.2, 0) is 11.3 Å². The number of aromatic nitrogens is 1. The van der Waals surface area contributed by atoms with Gasteiger partial charge in [0.05, 0.1) is 11.5 Å². The van der Waals surface area contributed by atoms with Crippen LogP contribution in [0.1, 0.15) is 27.4 Å². The van der Waals surface area contributed by atoms with E-state index in [0.717, 1.165) is 21.9 Å². The fourth-order valence-electron chi connectivity index (χ4n) is 3.43. The van der Waals surface area contributed by atoms with Gasteiger partial charge in [-0.25, -0.2) is 0 Å². The first-order valence-corrected chi connectivity index (χ1v) is 8.08. The quantitative estimate of drug-likeness (QED) is 0.783. The maximum Gasteiger partial charge on any atom is 0.312 e. The van der Waals surface area contributed by atoms with Gasteiger partial charge in [-0.2, -0.15) is 0 Å². The minimum atomic E-state index is -0.916. The number of carbonyl (C=O) groups is 2. The molecule has 0 bridgehead atoms. The van der Waals surface area contributed by atoms with Gasteiger partial charge < -0.3 is 10.0 Å². The molecule has 1 atom stereocenters. The number of carbonyl (C=O) groups excluding carboxylic acids is 1. The van der Waals surface area contributed by atoms with Crippen LogP contribution in [0.2, 0.25) is 0 Å². The third-order valence-electron chi connectivity index (χ3n) is 4.68. The van der Waals surface area contributed by atoms with Gasteiger partial charge in [-0.05, 0) is 16.5 Å². The highest BCUT2D eigenvalue weighted by molar-refractivity contribution is 6.06. The van der Waals surface area contributed by atoms with Crippen molar-refractivity contribution in [3.05, 3.63) is 77.6 Å². The molecule has 1 amide bonds. The molecule has 0 fully saturated rings. The van der Waals surface area contributed by atoms with Crippen LogP contribution < -0.4 is 0 Å². The van der Waals surface area contributed by atoms with Gasteiger partial charge in [0, 0.05) is 30.9 Å². The van der Waals surface area contributed by atoms with E-state index in [2.05, 4.69) is 4.98 Å².